The lowest BCUT2D eigenvalue weighted by atomic mass is 10.3. The Morgan fingerprint density at radius 1 is 1.54 bits per heavy atom. The molecule has 0 saturated heterocycles. The molecular formula is C11H17NO. The van der Waals surface area contributed by atoms with Crippen LogP contribution < -0.4 is 0 Å². The van der Waals surface area contributed by atoms with Gasteiger partial charge in [-0.15, -0.1) is 0 Å². The first-order chi connectivity index (χ1) is 6.38. The molecule has 0 aromatic heterocycles. The lowest BCUT2D eigenvalue weighted by Gasteiger charge is -2.12. The largest absolute Gasteiger partial charge is 0.486 e. The molecule has 0 unspecified atom stereocenters. The minimum atomic E-state index is 0.564. The average Bonchev–Trinajstić information content (AvgIpc) is 2.22. The van der Waals surface area contributed by atoms with E-state index in [0.29, 0.717) is 6.61 Å². The van der Waals surface area contributed by atoms with Crippen molar-refractivity contribution in [3.8, 4) is 0 Å². The summed E-state index contributed by atoms with van der Waals surface area (Å²) in [7, 11) is 0. The molecule has 1 heterocycles. The number of ether oxygens (including phenoxy) is 1. The molecule has 2 nitrogen and oxygen atoms in total. The molecule has 0 radical (unpaired) electrons. The van der Waals surface area contributed by atoms with Gasteiger partial charge in [0.1, 0.15) is 18.1 Å². The quantitative estimate of drug-likeness (QED) is 0.606. The van der Waals surface area contributed by atoms with Gasteiger partial charge in [0.15, 0.2) is 0 Å². The van der Waals surface area contributed by atoms with Gasteiger partial charge in [0.05, 0.1) is 0 Å². The molecule has 0 saturated carbocycles. The van der Waals surface area contributed by atoms with Gasteiger partial charge in [-0.05, 0) is 19.1 Å². The Morgan fingerprint density at radius 2 is 2.23 bits per heavy atom. The van der Waals surface area contributed by atoms with Gasteiger partial charge in [0, 0.05) is 6.21 Å². The van der Waals surface area contributed by atoms with Crippen LogP contribution in [-0.2, 0) is 4.74 Å². The van der Waals surface area contributed by atoms with Crippen molar-refractivity contribution in [1.29, 1.82) is 0 Å². The van der Waals surface area contributed by atoms with E-state index in [1.807, 2.05) is 32.9 Å². The van der Waals surface area contributed by atoms with Crippen molar-refractivity contribution in [1.82, 2.24) is 0 Å². The molecule has 0 N–H and O–H groups in total. The molecule has 2 heteroatoms. The highest BCUT2D eigenvalue weighted by Crippen LogP contribution is 2.15. The van der Waals surface area contributed by atoms with Gasteiger partial charge < -0.3 is 4.74 Å². The van der Waals surface area contributed by atoms with Crippen LogP contribution in [0.25, 0.3) is 0 Å². The predicted octanol–water partition coefficient (Wildman–Crippen LogP) is 3.09. The van der Waals surface area contributed by atoms with Crippen molar-refractivity contribution in [2.45, 2.75) is 20.8 Å². The van der Waals surface area contributed by atoms with Crippen LogP contribution in [0.1, 0.15) is 20.8 Å². The number of rotatable bonds is 1. The van der Waals surface area contributed by atoms with Gasteiger partial charge >= 0.3 is 0 Å². The third-order valence-corrected chi connectivity index (χ3v) is 1.33. The van der Waals surface area contributed by atoms with E-state index in [4.69, 9.17) is 4.74 Å². The van der Waals surface area contributed by atoms with Crippen molar-refractivity contribution < 1.29 is 4.74 Å². The minimum Gasteiger partial charge on any atom is -0.486 e. The molecule has 13 heavy (non-hydrogen) atoms. The fraction of sp³-hybridized carbons (Fsp3) is 0.364. The number of nitrogens with zero attached hydrogens (tertiary/aromatic N) is 1. The molecule has 1 aliphatic heterocycles. The molecule has 1 aliphatic rings. The number of aliphatic imine (C=N–C) groups is 1. The molecule has 0 bridgehead atoms. The standard InChI is InChI=1S/C9H11NO.C2H6/c1-3-5-8-9(4-2)11-7-6-10-8;1-2/h3-6H,1,7H2,2H3;1-2H3/b8-5+,9-4+;. The second kappa shape index (κ2) is 7.35. The first kappa shape index (κ1) is 11.7. The van der Waals surface area contributed by atoms with E-state index in [0.717, 1.165) is 11.5 Å². The van der Waals surface area contributed by atoms with E-state index in [1.165, 1.54) is 0 Å². The second-order valence-corrected chi connectivity index (χ2v) is 2.06. The van der Waals surface area contributed by atoms with Crippen molar-refractivity contribution in [3.05, 3.63) is 36.3 Å². The smallest absolute Gasteiger partial charge is 0.141 e. The SMILES string of the molecule is C=C/C=C1/N=CCO/C1=C/C.CC. The molecule has 0 amide bonds. The Labute approximate surface area is 80.3 Å². The minimum absolute atomic E-state index is 0.564. The Bertz CT molecular complexity index is 236. The molecule has 0 aromatic carbocycles. The second-order valence-electron chi connectivity index (χ2n) is 2.06. The van der Waals surface area contributed by atoms with Gasteiger partial charge in [0.25, 0.3) is 0 Å². The molecule has 1 rings (SSSR count). The lowest BCUT2D eigenvalue weighted by Crippen LogP contribution is -2.04. The third-order valence-electron chi connectivity index (χ3n) is 1.33. The maximum absolute atomic E-state index is 5.29. The monoisotopic (exact) mass is 179 g/mol. The molecule has 0 fully saturated rings. The zero-order valence-corrected chi connectivity index (χ0v) is 8.58. The number of hydrogen-bond acceptors (Lipinski definition) is 2. The Morgan fingerprint density at radius 3 is 2.77 bits per heavy atom. The summed E-state index contributed by atoms with van der Waals surface area (Å²) < 4.78 is 5.29. The highest BCUT2D eigenvalue weighted by molar-refractivity contribution is 5.63. The molecular weight excluding hydrogens is 162 g/mol. The summed E-state index contributed by atoms with van der Waals surface area (Å²) in [6, 6.07) is 0. The van der Waals surface area contributed by atoms with Crippen LogP contribution in [0.3, 0.4) is 0 Å². The maximum atomic E-state index is 5.29. The van der Waals surface area contributed by atoms with Crippen molar-refractivity contribution in [2.24, 2.45) is 4.99 Å². The van der Waals surface area contributed by atoms with E-state index >= 15 is 0 Å². The first-order valence-electron chi connectivity index (χ1n) is 4.53. The van der Waals surface area contributed by atoms with Crippen molar-refractivity contribution >= 4 is 6.21 Å². The van der Waals surface area contributed by atoms with Crippen LogP contribution >= 0.6 is 0 Å². The van der Waals surface area contributed by atoms with Crippen LogP contribution in [0.2, 0.25) is 0 Å². The van der Waals surface area contributed by atoms with E-state index in [1.54, 1.807) is 12.3 Å². The van der Waals surface area contributed by atoms with E-state index in [-0.39, 0.29) is 0 Å². The summed E-state index contributed by atoms with van der Waals surface area (Å²) >= 11 is 0. The zero-order chi connectivity index (χ0) is 10.1. The zero-order valence-electron chi connectivity index (χ0n) is 8.58. The molecule has 0 atom stereocenters. The van der Waals surface area contributed by atoms with Crippen LogP contribution in [0.15, 0.2) is 41.3 Å². The highest BCUT2D eigenvalue weighted by atomic mass is 16.5. The molecule has 0 aromatic rings. The molecule has 72 valence electrons. The summed E-state index contributed by atoms with van der Waals surface area (Å²) in [5.74, 6) is 0.826. The van der Waals surface area contributed by atoms with Crippen molar-refractivity contribution in [2.75, 3.05) is 6.61 Å². The summed E-state index contributed by atoms with van der Waals surface area (Å²) in [5, 5.41) is 0. The van der Waals surface area contributed by atoms with Gasteiger partial charge in [-0.2, -0.15) is 0 Å². The van der Waals surface area contributed by atoms with Crippen LogP contribution in [0.5, 0.6) is 0 Å². The van der Waals surface area contributed by atoms with E-state index < -0.39 is 0 Å². The Balaban J connectivity index is 0.000000671. The van der Waals surface area contributed by atoms with Crippen molar-refractivity contribution in [3.63, 3.8) is 0 Å². The van der Waals surface area contributed by atoms with Gasteiger partial charge in [-0.1, -0.05) is 26.5 Å². The van der Waals surface area contributed by atoms with Crippen LogP contribution in [-0.4, -0.2) is 12.8 Å². The maximum Gasteiger partial charge on any atom is 0.141 e. The Hall–Kier alpha value is -1.31. The summed E-state index contributed by atoms with van der Waals surface area (Å²) in [5.41, 5.74) is 0.841. The van der Waals surface area contributed by atoms with Gasteiger partial charge in [-0.25, -0.2) is 0 Å². The van der Waals surface area contributed by atoms with Gasteiger partial charge in [-0.3, -0.25) is 4.99 Å². The fourth-order valence-corrected chi connectivity index (χ4v) is 0.868. The van der Waals surface area contributed by atoms with E-state index in [2.05, 4.69) is 11.6 Å². The Kier molecular flexibility index (Phi) is 6.60. The normalized spacial score (nSPS) is 20.5. The fourth-order valence-electron chi connectivity index (χ4n) is 0.868. The average molecular weight is 179 g/mol. The summed E-state index contributed by atoms with van der Waals surface area (Å²) in [4.78, 5) is 4.14. The number of hydrogen-bond donors (Lipinski definition) is 0. The highest BCUT2D eigenvalue weighted by Gasteiger charge is 2.05. The van der Waals surface area contributed by atoms with Gasteiger partial charge in [0.2, 0.25) is 0 Å². The predicted molar refractivity (Wildman–Crippen MR) is 57.8 cm³/mol. The molecule has 0 spiro atoms. The number of allylic oxidation sites excluding steroid dienone is 3. The van der Waals surface area contributed by atoms with Crippen LogP contribution in [0.4, 0.5) is 0 Å². The third kappa shape index (κ3) is 3.74. The summed E-state index contributed by atoms with van der Waals surface area (Å²) in [6.07, 6.45) is 7.16. The lowest BCUT2D eigenvalue weighted by molar-refractivity contribution is 0.263. The van der Waals surface area contributed by atoms with E-state index in [9.17, 15) is 0 Å². The van der Waals surface area contributed by atoms with Crippen LogP contribution in [0, 0.1) is 0 Å². The topological polar surface area (TPSA) is 21.6 Å². The first-order valence-corrected chi connectivity index (χ1v) is 4.53. The molecule has 0 aliphatic carbocycles. The summed E-state index contributed by atoms with van der Waals surface area (Å²) in [6.45, 7) is 10.1.